The van der Waals surface area contributed by atoms with E-state index in [1.165, 1.54) is 51.4 Å². The zero-order chi connectivity index (χ0) is 19.6. The van der Waals surface area contributed by atoms with Crippen LogP contribution >= 0.6 is 0 Å². The Bertz CT molecular complexity index is 300. The minimum Gasteiger partial charge on any atom is -0.307 e. The third kappa shape index (κ3) is 14.4. The fourth-order valence-corrected chi connectivity index (χ4v) is 3.01. The molecule has 2 radical (unpaired) electrons. The van der Waals surface area contributed by atoms with Gasteiger partial charge in [0.2, 0.25) is 12.6 Å². The first-order valence-corrected chi connectivity index (χ1v) is 10.7. The molecule has 2 atom stereocenters. The van der Waals surface area contributed by atoms with Crippen molar-refractivity contribution in [2.45, 2.75) is 104 Å². The molecule has 2 unspecified atom stereocenters. The molecule has 4 nitrogen and oxygen atoms in total. The van der Waals surface area contributed by atoms with Gasteiger partial charge < -0.3 is 10.6 Å². The van der Waals surface area contributed by atoms with Gasteiger partial charge in [-0.2, -0.15) is 0 Å². The first-order chi connectivity index (χ1) is 12.5. The van der Waals surface area contributed by atoms with Crippen LogP contribution in [-0.2, 0) is 9.59 Å². The van der Waals surface area contributed by atoms with Crippen molar-refractivity contribution in [1.82, 2.24) is 10.6 Å². The first-order valence-electron chi connectivity index (χ1n) is 10.7. The van der Waals surface area contributed by atoms with Gasteiger partial charge in [0.25, 0.3) is 0 Å². The van der Waals surface area contributed by atoms with E-state index in [4.69, 9.17) is 0 Å². The predicted octanol–water partition coefficient (Wildman–Crippen LogP) is 4.34. The highest BCUT2D eigenvalue weighted by molar-refractivity contribution is 5.59. The van der Waals surface area contributed by atoms with E-state index in [0.717, 1.165) is 25.9 Å². The van der Waals surface area contributed by atoms with E-state index in [9.17, 15) is 9.59 Å². The second kappa shape index (κ2) is 17.7. The summed E-state index contributed by atoms with van der Waals surface area (Å²) < 4.78 is 0. The van der Waals surface area contributed by atoms with Crippen LogP contribution in [0.15, 0.2) is 0 Å². The molecule has 2 N–H and O–H groups in total. The van der Waals surface area contributed by atoms with Crippen LogP contribution in [0, 0.1) is 11.8 Å². The minimum absolute atomic E-state index is 0.113. The quantitative estimate of drug-likeness (QED) is 0.334. The Morgan fingerprint density at radius 1 is 0.538 bits per heavy atom. The standard InChI is InChI=1S/C22H42N2O2/c1-19(2)21(17-25)23-15-13-11-9-7-5-6-8-10-12-14-16-24-22(18-26)20(3)4/h19-24H,5-16H2,1-4H3. The van der Waals surface area contributed by atoms with Crippen molar-refractivity contribution in [3.63, 3.8) is 0 Å². The molecule has 0 aliphatic carbocycles. The van der Waals surface area contributed by atoms with Gasteiger partial charge in [0.15, 0.2) is 0 Å². The largest absolute Gasteiger partial charge is 0.307 e. The summed E-state index contributed by atoms with van der Waals surface area (Å²) in [5.74, 6) is 0.645. The summed E-state index contributed by atoms with van der Waals surface area (Å²) in [5.41, 5.74) is 0. The molecule has 0 aromatic heterocycles. The lowest BCUT2D eigenvalue weighted by Gasteiger charge is -2.15. The van der Waals surface area contributed by atoms with Crippen molar-refractivity contribution in [2.24, 2.45) is 11.8 Å². The molecule has 0 aromatic rings. The van der Waals surface area contributed by atoms with Crippen LogP contribution in [0.5, 0.6) is 0 Å². The molecule has 0 fully saturated rings. The number of hydrogen-bond donors (Lipinski definition) is 2. The van der Waals surface area contributed by atoms with Crippen LogP contribution in [-0.4, -0.2) is 37.7 Å². The van der Waals surface area contributed by atoms with Crippen molar-refractivity contribution < 1.29 is 9.59 Å². The van der Waals surface area contributed by atoms with Gasteiger partial charge in [-0.3, -0.25) is 9.59 Å². The van der Waals surface area contributed by atoms with Crippen molar-refractivity contribution in [3.05, 3.63) is 0 Å². The lowest BCUT2D eigenvalue weighted by atomic mass is 10.0. The van der Waals surface area contributed by atoms with Gasteiger partial charge in [0, 0.05) is 0 Å². The molecule has 0 spiro atoms. The summed E-state index contributed by atoms with van der Waals surface area (Å²) >= 11 is 0. The predicted molar refractivity (Wildman–Crippen MR) is 111 cm³/mol. The van der Waals surface area contributed by atoms with Crippen LogP contribution in [0.1, 0.15) is 91.9 Å². The van der Waals surface area contributed by atoms with Crippen molar-refractivity contribution >= 4 is 12.6 Å². The Balaban J connectivity index is 3.27. The van der Waals surface area contributed by atoms with Crippen molar-refractivity contribution in [3.8, 4) is 0 Å². The number of unbranched alkanes of at least 4 members (excludes halogenated alkanes) is 9. The van der Waals surface area contributed by atoms with Gasteiger partial charge in [-0.1, -0.05) is 79.1 Å². The van der Waals surface area contributed by atoms with Gasteiger partial charge >= 0.3 is 0 Å². The van der Waals surface area contributed by atoms with Crippen molar-refractivity contribution in [2.75, 3.05) is 13.1 Å². The van der Waals surface area contributed by atoms with E-state index < -0.39 is 0 Å². The summed E-state index contributed by atoms with van der Waals surface area (Å²) in [6.45, 7) is 10.0. The first kappa shape index (κ1) is 25.3. The van der Waals surface area contributed by atoms with Crippen LogP contribution in [0.4, 0.5) is 0 Å². The molecule has 0 rings (SSSR count). The van der Waals surface area contributed by atoms with Gasteiger partial charge in [-0.25, -0.2) is 0 Å². The molecular formula is C22H42N2O2. The van der Waals surface area contributed by atoms with Crippen LogP contribution in [0.2, 0.25) is 0 Å². The summed E-state index contributed by atoms with van der Waals surface area (Å²) in [6.07, 6.45) is 16.8. The summed E-state index contributed by atoms with van der Waals surface area (Å²) in [5, 5.41) is 6.54. The van der Waals surface area contributed by atoms with Crippen LogP contribution in [0.3, 0.4) is 0 Å². The molecule has 152 valence electrons. The lowest BCUT2D eigenvalue weighted by molar-refractivity contribution is 0.438. The number of rotatable bonds is 19. The maximum atomic E-state index is 10.8. The smallest absolute Gasteiger partial charge is 0.217 e. The number of carbonyl (C=O) groups excluding carboxylic acids is 2. The molecular weight excluding hydrogens is 324 g/mol. The SMILES string of the molecule is CC(C)C([C]=O)NCCCCCCCCCCCCNC([C]=O)C(C)C. The molecule has 0 saturated heterocycles. The summed E-state index contributed by atoms with van der Waals surface area (Å²) in [7, 11) is 0. The van der Waals surface area contributed by atoms with E-state index in [-0.39, 0.29) is 12.1 Å². The minimum atomic E-state index is -0.113. The van der Waals surface area contributed by atoms with E-state index in [1.807, 2.05) is 27.7 Å². The molecule has 4 heteroatoms. The molecule has 0 aliphatic heterocycles. The van der Waals surface area contributed by atoms with Crippen LogP contribution < -0.4 is 10.6 Å². The Kier molecular flexibility index (Phi) is 17.2. The molecule has 0 saturated carbocycles. The number of hydrogen-bond acceptors (Lipinski definition) is 4. The Morgan fingerprint density at radius 3 is 1.04 bits per heavy atom. The van der Waals surface area contributed by atoms with E-state index in [0.29, 0.717) is 11.8 Å². The monoisotopic (exact) mass is 366 g/mol. The fraction of sp³-hybridized carbons (Fsp3) is 0.909. The Morgan fingerprint density at radius 2 is 0.808 bits per heavy atom. The van der Waals surface area contributed by atoms with Crippen LogP contribution in [0.25, 0.3) is 0 Å². The van der Waals surface area contributed by atoms with E-state index in [2.05, 4.69) is 23.2 Å². The van der Waals surface area contributed by atoms with Crippen molar-refractivity contribution in [1.29, 1.82) is 0 Å². The third-order valence-electron chi connectivity index (χ3n) is 4.92. The highest BCUT2D eigenvalue weighted by Crippen LogP contribution is 2.10. The fourth-order valence-electron chi connectivity index (χ4n) is 3.01. The molecule has 0 heterocycles. The summed E-state index contributed by atoms with van der Waals surface area (Å²) in [4.78, 5) is 21.5. The molecule has 26 heavy (non-hydrogen) atoms. The summed E-state index contributed by atoms with van der Waals surface area (Å²) in [6, 6.07) is -0.226. The van der Waals surface area contributed by atoms with E-state index in [1.54, 1.807) is 0 Å². The number of nitrogens with one attached hydrogen (secondary N) is 2. The maximum Gasteiger partial charge on any atom is 0.217 e. The zero-order valence-electron chi connectivity index (χ0n) is 17.6. The highest BCUT2D eigenvalue weighted by atomic mass is 16.1. The average molecular weight is 367 g/mol. The molecule has 0 aromatic carbocycles. The van der Waals surface area contributed by atoms with Gasteiger partial charge in [0.1, 0.15) is 0 Å². The van der Waals surface area contributed by atoms with Gasteiger partial charge in [-0.05, 0) is 37.8 Å². The second-order valence-electron chi connectivity index (χ2n) is 8.12. The Hall–Kier alpha value is -0.740. The van der Waals surface area contributed by atoms with Gasteiger partial charge in [0.05, 0.1) is 12.1 Å². The Labute approximate surface area is 162 Å². The second-order valence-corrected chi connectivity index (χ2v) is 8.12. The molecule has 0 amide bonds. The topological polar surface area (TPSA) is 58.2 Å². The average Bonchev–Trinajstić information content (AvgIpc) is 2.61. The maximum absolute atomic E-state index is 10.8. The zero-order valence-corrected chi connectivity index (χ0v) is 17.6. The van der Waals surface area contributed by atoms with Gasteiger partial charge in [-0.15, -0.1) is 0 Å². The molecule has 0 bridgehead atoms. The highest BCUT2D eigenvalue weighted by Gasteiger charge is 2.11. The third-order valence-corrected chi connectivity index (χ3v) is 4.92. The molecule has 0 aliphatic rings. The van der Waals surface area contributed by atoms with E-state index >= 15 is 0 Å². The lowest BCUT2D eigenvalue weighted by Crippen LogP contribution is -2.35. The normalized spacial score (nSPS) is 13.9.